The van der Waals surface area contributed by atoms with Crippen LogP contribution in [0.4, 0.5) is 0 Å². The summed E-state index contributed by atoms with van der Waals surface area (Å²) in [5.74, 6) is 2.56. The number of hydrogen-bond acceptors (Lipinski definition) is 4. The molecule has 0 aliphatic heterocycles. The van der Waals surface area contributed by atoms with Gasteiger partial charge in [0, 0.05) is 23.8 Å². The molecule has 0 atom stereocenters. The highest BCUT2D eigenvalue weighted by atomic mass is 79.9. The zero-order valence-corrected chi connectivity index (χ0v) is 14.0. The van der Waals surface area contributed by atoms with Crippen LogP contribution in [0.25, 0.3) is 0 Å². The van der Waals surface area contributed by atoms with E-state index in [0.717, 1.165) is 10.0 Å². The van der Waals surface area contributed by atoms with Gasteiger partial charge in [0.15, 0.2) is 0 Å². The molecule has 2 N–H and O–H groups in total. The monoisotopic (exact) mass is 367 g/mol. The number of rotatable bonds is 5. The van der Waals surface area contributed by atoms with Crippen LogP contribution in [0.3, 0.4) is 0 Å². The van der Waals surface area contributed by atoms with Gasteiger partial charge in [-0.05, 0) is 34.1 Å². The second kappa shape index (κ2) is 6.78. The van der Waals surface area contributed by atoms with E-state index in [1.807, 2.05) is 6.07 Å². The lowest BCUT2D eigenvalue weighted by Crippen LogP contribution is -2.09. The minimum Gasteiger partial charge on any atom is -0.496 e. The second-order valence-corrected chi connectivity index (χ2v) is 5.45. The fourth-order valence-corrected chi connectivity index (χ4v) is 2.29. The number of benzene rings is 2. The summed E-state index contributed by atoms with van der Waals surface area (Å²) < 4.78 is 17.0. The van der Waals surface area contributed by atoms with Gasteiger partial charge < -0.3 is 19.9 Å². The molecular weight excluding hydrogens is 354 g/mol. The molecule has 2 rings (SSSR count). The van der Waals surface area contributed by atoms with Gasteiger partial charge in [0.05, 0.1) is 18.7 Å². The molecule has 0 amide bonds. The fourth-order valence-electron chi connectivity index (χ4n) is 1.70. The lowest BCUT2D eigenvalue weighted by atomic mass is 10.2. The Morgan fingerprint density at radius 2 is 1.57 bits per heavy atom. The van der Waals surface area contributed by atoms with Crippen LogP contribution >= 0.6 is 28.1 Å². The molecule has 0 aliphatic rings. The van der Waals surface area contributed by atoms with Crippen LogP contribution in [-0.2, 0) is 0 Å². The van der Waals surface area contributed by atoms with Crippen LogP contribution in [-0.4, -0.2) is 19.2 Å². The Hall–Kier alpha value is -1.79. The predicted molar refractivity (Wildman–Crippen MR) is 89.6 cm³/mol. The van der Waals surface area contributed by atoms with E-state index in [-0.39, 0.29) is 0 Å². The van der Waals surface area contributed by atoms with Gasteiger partial charge in [0.25, 0.3) is 0 Å². The van der Waals surface area contributed by atoms with Gasteiger partial charge in [-0.2, -0.15) is 0 Å². The average Bonchev–Trinajstić information content (AvgIpc) is 2.48. The molecule has 0 unspecified atom stereocenters. The molecule has 0 heterocycles. The minimum atomic E-state index is 0.338. The van der Waals surface area contributed by atoms with Crippen LogP contribution in [0.2, 0.25) is 0 Å². The number of halogens is 1. The first-order chi connectivity index (χ1) is 10.0. The van der Waals surface area contributed by atoms with Gasteiger partial charge in [-0.1, -0.05) is 12.2 Å². The first kappa shape index (κ1) is 15.6. The minimum absolute atomic E-state index is 0.338. The van der Waals surface area contributed by atoms with Gasteiger partial charge >= 0.3 is 0 Å². The summed E-state index contributed by atoms with van der Waals surface area (Å²) in [6.07, 6.45) is 0. The number of ether oxygens (including phenoxy) is 3. The molecule has 0 saturated carbocycles. The van der Waals surface area contributed by atoms with E-state index in [4.69, 9.17) is 32.2 Å². The highest BCUT2D eigenvalue weighted by Crippen LogP contribution is 2.34. The number of nitrogens with two attached hydrogens (primary N) is 1. The van der Waals surface area contributed by atoms with Crippen molar-refractivity contribution in [1.82, 2.24) is 0 Å². The lowest BCUT2D eigenvalue weighted by molar-refractivity contribution is 0.386. The summed E-state index contributed by atoms with van der Waals surface area (Å²) in [6, 6.07) is 10.7. The molecule has 6 heteroatoms. The van der Waals surface area contributed by atoms with Crippen molar-refractivity contribution in [3.63, 3.8) is 0 Å². The summed E-state index contributed by atoms with van der Waals surface area (Å²) in [5, 5.41) is 0. The largest absolute Gasteiger partial charge is 0.496 e. The highest BCUT2D eigenvalue weighted by molar-refractivity contribution is 9.10. The third-order valence-electron chi connectivity index (χ3n) is 2.77. The van der Waals surface area contributed by atoms with E-state index in [2.05, 4.69) is 15.9 Å². The maximum absolute atomic E-state index is 5.84. The Morgan fingerprint density at radius 1 is 1.00 bits per heavy atom. The molecule has 0 spiro atoms. The number of thiocarbonyl (C=S) groups is 1. The van der Waals surface area contributed by atoms with Crippen molar-refractivity contribution >= 4 is 33.1 Å². The molecule has 0 aromatic heterocycles. The topological polar surface area (TPSA) is 53.7 Å². The Morgan fingerprint density at radius 3 is 2.05 bits per heavy atom. The summed E-state index contributed by atoms with van der Waals surface area (Å²) in [7, 11) is 3.18. The smallest absolute Gasteiger partial charge is 0.141 e. The van der Waals surface area contributed by atoms with Crippen molar-refractivity contribution in [1.29, 1.82) is 0 Å². The summed E-state index contributed by atoms with van der Waals surface area (Å²) in [6.45, 7) is 0. The Kier molecular flexibility index (Phi) is 5.03. The van der Waals surface area contributed by atoms with Crippen molar-refractivity contribution in [3.05, 3.63) is 46.4 Å². The van der Waals surface area contributed by atoms with Crippen LogP contribution in [0.5, 0.6) is 23.0 Å². The second-order valence-electron chi connectivity index (χ2n) is 4.16. The number of methoxy groups -OCH3 is 2. The van der Waals surface area contributed by atoms with Gasteiger partial charge in [-0.25, -0.2) is 0 Å². The van der Waals surface area contributed by atoms with E-state index in [1.54, 1.807) is 44.6 Å². The lowest BCUT2D eigenvalue weighted by Gasteiger charge is -2.11. The fraction of sp³-hybridized carbons (Fsp3) is 0.133. The van der Waals surface area contributed by atoms with E-state index in [1.165, 1.54) is 0 Å². The Labute approximate surface area is 136 Å². The quantitative estimate of drug-likeness (QED) is 0.812. The SMILES string of the molecule is COc1cc(OC)cc(Oc2ccc(C(N)=S)cc2Br)c1. The van der Waals surface area contributed by atoms with Crippen molar-refractivity contribution in [2.45, 2.75) is 0 Å². The van der Waals surface area contributed by atoms with Gasteiger partial charge in [0.2, 0.25) is 0 Å². The zero-order valence-electron chi connectivity index (χ0n) is 11.6. The first-order valence-electron chi connectivity index (χ1n) is 6.03. The molecule has 110 valence electrons. The normalized spacial score (nSPS) is 10.0. The molecule has 21 heavy (non-hydrogen) atoms. The molecule has 0 saturated heterocycles. The standard InChI is InChI=1S/C15H14BrNO3S/c1-18-10-6-11(19-2)8-12(7-10)20-14-4-3-9(15(17)21)5-13(14)16/h3-8H,1-2H3,(H2,17,21). The summed E-state index contributed by atoms with van der Waals surface area (Å²) in [5.41, 5.74) is 6.37. The molecule has 2 aromatic rings. The molecule has 4 nitrogen and oxygen atoms in total. The van der Waals surface area contributed by atoms with Crippen LogP contribution < -0.4 is 19.9 Å². The van der Waals surface area contributed by atoms with Crippen molar-refractivity contribution in [3.8, 4) is 23.0 Å². The molecule has 2 aromatic carbocycles. The van der Waals surface area contributed by atoms with Crippen molar-refractivity contribution in [2.24, 2.45) is 5.73 Å². The first-order valence-corrected chi connectivity index (χ1v) is 7.24. The van der Waals surface area contributed by atoms with E-state index >= 15 is 0 Å². The third kappa shape index (κ3) is 3.86. The summed E-state index contributed by atoms with van der Waals surface area (Å²) in [4.78, 5) is 0.338. The average molecular weight is 368 g/mol. The number of hydrogen-bond donors (Lipinski definition) is 1. The van der Waals surface area contributed by atoms with Gasteiger partial charge in [-0.15, -0.1) is 0 Å². The van der Waals surface area contributed by atoms with Gasteiger partial charge in [0.1, 0.15) is 28.0 Å². The van der Waals surface area contributed by atoms with Crippen molar-refractivity contribution < 1.29 is 14.2 Å². The third-order valence-corrected chi connectivity index (χ3v) is 3.62. The molecule has 0 fully saturated rings. The molecule has 0 radical (unpaired) electrons. The predicted octanol–water partition coefficient (Wildman–Crippen LogP) is 3.89. The zero-order chi connectivity index (χ0) is 15.4. The Balaban J connectivity index is 2.31. The highest BCUT2D eigenvalue weighted by Gasteiger charge is 2.08. The molecule has 0 bridgehead atoms. The van der Waals surface area contributed by atoms with Crippen molar-refractivity contribution in [2.75, 3.05) is 14.2 Å². The van der Waals surface area contributed by atoms with Crippen LogP contribution in [0, 0.1) is 0 Å². The maximum atomic E-state index is 5.84. The molecule has 0 aliphatic carbocycles. The Bertz CT molecular complexity index is 654. The van der Waals surface area contributed by atoms with E-state index < -0.39 is 0 Å². The van der Waals surface area contributed by atoms with Crippen LogP contribution in [0.1, 0.15) is 5.56 Å². The van der Waals surface area contributed by atoms with Gasteiger partial charge in [-0.3, -0.25) is 0 Å². The summed E-state index contributed by atoms with van der Waals surface area (Å²) >= 11 is 8.38. The maximum Gasteiger partial charge on any atom is 0.141 e. The molecular formula is C15H14BrNO3S. The van der Waals surface area contributed by atoms with Crippen LogP contribution in [0.15, 0.2) is 40.9 Å². The van der Waals surface area contributed by atoms with E-state index in [9.17, 15) is 0 Å². The van der Waals surface area contributed by atoms with E-state index in [0.29, 0.717) is 28.0 Å².